The number of hydrogen-bond donors (Lipinski definition) is 0. The maximum absolute atomic E-state index is 11.0. The summed E-state index contributed by atoms with van der Waals surface area (Å²) in [6, 6.07) is 0. The number of nitrogens with zero attached hydrogens (tertiary/aromatic N) is 1. The van der Waals surface area contributed by atoms with Crippen molar-refractivity contribution < 1.29 is 4.79 Å². The molecule has 0 aromatic heterocycles. The Morgan fingerprint density at radius 1 is 1.46 bits per heavy atom. The average molecular weight is 198 g/mol. The molecule has 1 fully saturated rings. The van der Waals surface area contributed by atoms with Gasteiger partial charge in [0.05, 0.1) is 0 Å². The van der Waals surface area contributed by atoms with Crippen molar-refractivity contribution in [3.8, 4) is 0 Å². The minimum atomic E-state index is -0.290. The molecule has 0 heterocycles. The molecule has 2 aliphatic rings. The van der Waals surface area contributed by atoms with Gasteiger partial charge in [0.2, 0.25) is 5.24 Å². The normalized spacial score (nSPS) is 30.1. The number of fused-ring (bicyclic) bond motifs is 1. The smallest absolute Gasteiger partial charge is 0.248 e. The van der Waals surface area contributed by atoms with Crippen molar-refractivity contribution in [2.24, 2.45) is 11.8 Å². The van der Waals surface area contributed by atoms with Crippen molar-refractivity contribution in [1.82, 2.24) is 4.90 Å². The predicted molar refractivity (Wildman–Crippen MR) is 52.3 cm³/mol. The number of carbonyl (C=O) groups excluding carboxylic acids is 1. The van der Waals surface area contributed by atoms with Crippen molar-refractivity contribution in [2.45, 2.75) is 6.42 Å². The van der Waals surface area contributed by atoms with E-state index in [1.807, 2.05) is 26.2 Å². The van der Waals surface area contributed by atoms with E-state index in [1.54, 1.807) is 0 Å². The van der Waals surface area contributed by atoms with E-state index >= 15 is 0 Å². The summed E-state index contributed by atoms with van der Waals surface area (Å²) in [5.41, 5.74) is 2.10. The summed E-state index contributed by atoms with van der Waals surface area (Å²) in [6.07, 6.45) is 4.94. The minimum Gasteiger partial charge on any atom is -0.381 e. The molecule has 13 heavy (non-hydrogen) atoms. The number of halogens is 1. The van der Waals surface area contributed by atoms with Crippen LogP contribution in [-0.2, 0) is 4.79 Å². The van der Waals surface area contributed by atoms with E-state index in [4.69, 9.17) is 11.6 Å². The molecule has 0 aromatic carbocycles. The minimum absolute atomic E-state index is 0.290. The first kappa shape index (κ1) is 8.82. The Morgan fingerprint density at radius 2 is 2.15 bits per heavy atom. The van der Waals surface area contributed by atoms with Gasteiger partial charge >= 0.3 is 0 Å². The Kier molecular flexibility index (Phi) is 1.95. The van der Waals surface area contributed by atoms with Crippen LogP contribution in [0.4, 0.5) is 0 Å². The van der Waals surface area contributed by atoms with Crippen LogP contribution in [0, 0.1) is 11.8 Å². The fourth-order valence-electron chi connectivity index (χ4n) is 1.98. The lowest BCUT2D eigenvalue weighted by Gasteiger charge is -2.19. The lowest BCUT2D eigenvalue weighted by Crippen LogP contribution is -2.16. The molecule has 2 nitrogen and oxygen atoms in total. The third-order valence-electron chi connectivity index (χ3n) is 2.75. The third kappa shape index (κ3) is 1.39. The maximum atomic E-state index is 11.0. The van der Waals surface area contributed by atoms with Crippen LogP contribution in [0.5, 0.6) is 0 Å². The third-order valence-corrected chi connectivity index (χ3v) is 2.97. The monoisotopic (exact) mass is 197 g/mol. The van der Waals surface area contributed by atoms with Crippen LogP contribution in [0.1, 0.15) is 6.42 Å². The first-order chi connectivity index (χ1) is 6.11. The SMILES string of the molecule is CN(C)C1=CC=C(C(=O)Cl)C2CC12. The molecular weight excluding hydrogens is 186 g/mol. The van der Waals surface area contributed by atoms with Gasteiger partial charge in [-0.1, -0.05) is 6.08 Å². The van der Waals surface area contributed by atoms with E-state index in [1.165, 1.54) is 5.70 Å². The summed E-state index contributed by atoms with van der Waals surface area (Å²) < 4.78 is 0. The second-order valence-electron chi connectivity index (χ2n) is 3.83. The Balaban J connectivity index is 2.26. The van der Waals surface area contributed by atoms with Crippen molar-refractivity contribution in [3.63, 3.8) is 0 Å². The Morgan fingerprint density at radius 3 is 2.69 bits per heavy atom. The fraction of sp³-hybridized carbons (Fsp3) is 0.500. The van der Waals surface area contributed by atoms with Crippen molar-refractivity contribution >= 4 is 16.8 Å². The molecule has 70 valence electrons. The van der Waals surface area contributed by atoms with E-state index in [2.05, 4.69) is 4.90 Å². The Labute approximate surface area is 82.9 Å². The zero-order valence-corrected chi connectivity index (χ0v) is 8.51. The molecule has 0 radical (unpaired) electrons. The van der Waals surface area contributed by atoms with Crippen LogP contribution in [0.15, 0.2) is 23.4 Å². The van der Waals surface area contributed by atoms with E-state index in [0.717, 1.165) is 12.0 Å². The number of hydrogen-bond acceptors (Lipinski definition) is 2. The van der Waals surface area contributed by atoms with Crippen LogP contribution < -0.4 is 0 Å². The Bertz CT molecular complexity index is 317. The second kappa shape index (κ2) is 2.88. The van der Waals surface area contributed by atoms with Crippen molar-refractivity contribution in [2.75, 3.05) is 14.1 Å². The molecule has 2 unspecified atom stereocenters. The van der Waals surface area contributed by atoms with Gasteiger partial charge in [-0.25, -0.2) is 0 Å². The van der Waals surface area contributed by atoms with Crippen LogP contribution in [0.25, 0.3) is 0 Å². The molecule has 0 saturated heterocycles. The van der Waals surface area contributed by atoms with Gasteiger partial charge in [-0.05, 0) is 30.0 Å². The molecule has 2 atom stereocenters. The quantitative estimate of drug-likeness (QED) is 0.629. The summed E-state index contributed by atoms with van der Waals surface area (Å²) in [7, 11) is 4.06. The van der Waals surface area contributed by atoms with Gasteiger partial charge in [-0.15, -0.1) is 0 Å². The summed E-state index contributed by atoms with van der Waals surface area (Å²) in [5, 5.41) is -0.290. The Hall–Kier alpha value is -0.760. The van der Waals surface area contributed by atoms with Crippen LogP contribution in [0.3, 0.4) is 0 Å². The molecular formula is C10H12ClNO. The first-order valence-electron chi connectivity index (χ1n) is 4.40. The van der Waals surface area contributed by atoms with Gasteiger partial charge in [-0.2, -0.15) is 0 Å². The second-order valence-corrected chi connectivity index (χ2v) is 4.17. The van der Waals surface area contributed by atoms with Gasteiger partial charge in [0, 0.05) is 31.3 Å². The number of rotatable bonds is 2. The van der Waals surface area contributed by atoms with Gasteiger partial charge < -0.3 is 4.90 Å². The fourth-order valence-corrected chi connectivity index (χ4v) is 2.18. The first-order valence-corrected chi connectivity index (χ1v) is 4.78. The number of carbonyl (C=O) groups is 1. The topological polar surface area (TPSA) is 20.3 Å². The van der Waals surface area contributed by atoms with Crippen LogP contribution in [0.2, 0.25) is 0 Å². The average Bonchev–Trinajstić information content (AvgIpc) is 2.79. The summed E-state index contributed by atoms with van der Waals surface area (Å²) in [6.45, 7) is 0. The van der Waals surface area contributed by atoms with Gasteiger partial charge in [0.15, 0.2) is 0 Å². The number of allylic oxidation sites excluding steroid dienone is 4. The lowest BCUT2D eigenvalue weighted by molar-refractivity contribution is -0.108. The van der Waals surface area contributed by atoms with Crippen molar-refractivity contribution in [1.29, 1.82) is 0 Å². The lowest BCUT2D eigenvalue weighted by atomic mass is 10.0. The van der Waals surface area contributed by atoms with E-state index in [0.29, 0.717) is 11.8 Å². The zero-order valence-electron chi connectivity index (χ0n) is 7.75. The van der Waals surface area contributed by atoms with Gasteiger partial charge in [0.1, 0.15) is 0 Å². The van der Waals surface area contributed by atoms with Gasteiger partial charge in [-0.3, -0.25) is 4.79 Å². The highest BCUT2D eigenvalue weighted by molar-refractivity contribution is 6.67. The zero-order chi connectivity index (χ0) is 9.59. The van der Waals surface area contributed by atoms with E-state index < -0.39 is 0 Å². The maximum Gasteiger partial charge on any atom is 0.248 e. The van der Waals surface area contributed by atoms with E-state index in [-0.39, 0.29) is 5.24 Å². The summed E-state index contributed by atoms with van der Waals surface area (Å²) in [5.74, 6) is 0.935. The molecule has 1 saturated carbocycles. The van der Waals surface area contributed by atoms with Crippen LogP contribution >= 0.6 is 11.6 Å². The largest absolute Gasteiger partial charge is 0.381 e. The molecule has 0 amide bonds. The molecule has 0 aromatic rings. The van der Waals surface area contributed by atoms with E-state index in [9.17, 15) is 4.79 Å². The van der Waals surface area contributed by atoms with Crippen molar-refractivity contribution in [3.05, 3.63) is 23.4 Å². The van der Waals surface area contributed by atoms with Gasteiger partial charge in [0.25, 0.3) is 0 Å². The molecule has 2 rings (SSSR count). The molecule has 0 N–H and O–H groups in total. The highest BCUT2D eigenvalue weighted by Gasteiger charge is 2.46. The molecule has 0 bridgehead atoms. The summed E-state index contributed by atoms with van der Waals surface area (Å²) in [4.78, 5) is 13.1. The van der Waals surface area contributed by atoms with Crippen LogP contribution in [-0.4, -0.2) is 24.2 Å². The molecule has 3 heteroatoms. The molecule has 2 aliphatic carbocycles. The predicted octanol–water partition coefficient (Wildman–Crippen LogP) is 1.77. The standard InChI is InChI=1S/C10H12ClNO/c1-12(2)9-4-3-6(10(11)13)7-5-8(7)9/h3-4,7-8H,5H2,1-2H3. The molecule has 0 spiro atoms. The summed E-state index contributed by atoms with van der Waals surface area (Å²) >= 11 is 5.46. The highest BCUT2D eigenvalue weighted by atomic mass is 35.5. The highest BCUT2D eigenvalue weighted by Crippen LogP contribution is 2.52. The molecule has 0 aliphatic heterocycles.